The maximum Gasteiger partial charge on any atom is 0.179 e. The summed E-state index contributed by atoms with van der Waals surface area (Å²) in [5.41, 5.74) is 1.82. The zero-order valence-corrected chi connectivity index (χ0v) is 30.2. The van der Waals surface area contributed by atoms with Crippen molar-refractivity contribution in [2.24, 2.45) is 0 Å². The van der Waals surface area contributed by atoms with E-state index in [0.29, 0.717) is 0 Å². The lowest BCUT2D eigenvalue weighted by atomic mass is 10.1. The number of hydrogen-bond donors (Lipinski definition) is 0. The summed E-state index contributed by atoms with van der Waals surface area (Å²) in [5, 5.41) is 13.1. The van der Waals surface area contributed by atoms with Crippen molar-refractivity contribution in [3.63, 3.8) is 0 Å². The molecule has 51 heavy (non-hydrogen) atoms. The van der Waals surface area contributed by atoms with Crippen molar-refractivity contribution in [2.75, 3.05) is 0 Å². The van der Waals surface area contributed by atoms with Crippen LogP contribution >= 0.6 is 0 Å². The fourth-order valence-electron chi connectivity index (χ4n) is 8.37. The highest BCUT2D eigenvalue weighted by atomic mass is 28.3. The van der Waals surface area contributed by atoms with Gasteiger partial charge in [0.2, 0.25) is 0 Å². The van der Waals surface area contributed by atoms with Crippen LogP contribution < -0.4 is 41.5 Å². The molecule has 0 aliphatic carbocycles. The third-order valence-corrected chi connectivity index (χ3v) is 20.1. The Labute approximate surface area is 301 Å². The molecule has 0 aliphatic rings. The van der Waals surface area contributed by atoms with Crippen LogP contribution in [0.5, 0.6) is 0 Å². The first kappa shape index (κ1) is 31.0. The van der Waals surface area contributed by atoms with Crippen LogP contribution in [0, 0.1) is 0 Å². The van der Waals surface area contributed by atoms with Gasteiger partial charge in [0.1, 0.15) is 11.2 Å². The van der Waals surface area contributed by atoms with Crippen LogP contribution in [0.25, 0.3) is 21.9 Å². The third-order valence-electron chi connectivity index (χ3n) is 10.6. The predicted octanol–water partition coefficient (Wildman–Crippen LogP) is 6.34. The zero-order valence-electron chi connectivity index (χ0n) is 28.2. The van der Waals surface area contributed by atoms with Crippen LogP contribution in [0.4, 0.5) is 0 Å². The maximum absolute atomic E-state index is 6.65. The minimum atomic E-state index is -2.72. The van der Waals surface area contributed by atoms with Gasteiger partial charge in [-0.15, -0.1) is 0 Å². The molecule has 0 spiro atoms. The van der Waals surface area contributed by atoms with Crippen LogP contribution in [0.15, 0.2) is 223 Å². The van der Waals surface area contributed by atoms with Gasteiger partial charge in [0.25, 0.3) is 0 Å². The highest BCUT2D eigenvalue weighted by molar-refractivity contribution is 7.20. The predicted molar refractivity (Wildman–Crippen MR) is 221 cm³/mol. The summed E-state index contributed by atoms with van der Waals surface area (Å²) in [6.07, 6.45) is 0. The van der Waals surface area contributed by atoms with Crippen molar-refractivity contribution >= 4 is 79.6 Å². The molecule has 0 amide bonds. The lowest BCUT2D eigenvalue weighted by Crippen LogP contribution is -2.74. The molecule has 0 bridgehead atoms. The Morgan fingerprint density at radius 3 is 0.706 bits per heavy atom. The molecule has 0 saturated carbocycles. The van der Waals surface area contributed by atoms with Crippen molar-refractivity contribution in [2.45, 2.75) is 0 Å². The summed E-state index contributed by atoms with van der Waals surface area (Å²) < 4.78 is 6.65. The lowest BCUT2D eigenvalue weighted by Gasteiger charge is -2.34. The van der Waals surface area contributed by atoms with E-state index in [1.54, 1.807) is 0 Å². The monoisotopic (exact) mass is 684 g/mol. The van der Waals surface area contributed by atoms with E-state index in [1.807, 2.05) is 0 Å². The molecule has 9 aromatic rings. The summed E-state index contributed by atoms with van der Waals surface area (Å²) in [7, 11) is -5.44. The molecule has 1 aromatic heterocycles. The Morgan fingerprint density at radius 2 is 0.471 bits per heavy atom. The van der Waals surface area contributed by atoms with E-state index >= 15 is 0 Å². The molecule has 8 aromatic carbocycles. The molecule has 0 radical (unpaired) electrons. The summed E-state index contributed by atoms with van der Waals surface area (Å²) in [6.45, 7) is 0. The molecule has 0 unspecified atom stereocenters. The quantitative estimate of drug-likeness (QED) is 0.135. The van der Waals surface area contributed by atoms with E-state index in [2.05, 4.69) is 218 Å². The molecule has 242 valence electrons. The largest absolute Gasteiger partial charge is 0.456 e. The van der Waals surface area contributed by atoms with Crippen LogP contribution in [-0.4, -0.2) is 16.1 Å². The fraction of sp³-hybridized carbons (Fsp3) is 0. The smallest absolute Gasteiger partial charge is 0.179 e. The lowest BCUT2D eigenvalue weighted by molar-refractivity contribution is 0.669. The van der Waals surface area contributed by atoms with Crippen molar-refractivity contribution < 1.29 is 4.42 Å². The molecule has 1 nitrogen and oxygen atoms in total. The first-order valence-electron chi connectivity index (χ1n) is 17.6. The molecule has 0 fully saturated rings. The Kier molecular flexibility index (Phi) is 7.92. The van der Waals surface area contributed by atoms with Gasteiger partial charge in [-0.3, -0.25) is 0 Å². The second kappa shape index (κ2) is 13.0. The van der Waals surface area contributed by atoms with Crippen molar-refractivity contribution in [3.05, 3.63) is 218 Å². The molecule has 0 aliphatic heterocycles. The highest BCUT2D eigenvalue weighted by Crippen LogP contribution is 2.29. The number of hydrogen-bond acceptors (Lipinski definition) is 1. The molecular weight excluding hydrogens is 649 g/mol. The third kappa shape index (κ3) is 5.05. The first-order chi connectivity index (χ1) is 25.3. The van der Waals surface area contributed by atoms with Crippen molar-refractivity contribution in [3.8, 4) is 0 Å². The molecule has 0 saturated heterocycles. The summed E-state index contributed by atoms with van der Waals surface area (Å²) in [4.78, 5) is 0. The average molecular weight is 685 g/mol. The molecule has 0 atom stereocenters. The highest BCUT2D eigenvalue weighted by Gasteiger charge is 2.43. The molecular formula is C48H36OSi2. The van der Waals surface area contributed by atoms with Gasteiger partial charge in [0.15, 0.2) is 16.1 Å². The number of rotatable bonds is 8. The van der Waals surface area contributed by atoms with Gasteiger partial charge in [0, 0.05) is 10.8 Å². The van der Waals surface area contributed by atoms with Crippen LogP contribution in [0.2, 0.25) is 0 Å². The molecule has 3 heteroatoms. The summed E-state index contributed by atoms with van der Waals surface area (Å²) >= 11 is 0. The fourth-order valence-corrected chi connectivity index (χ4v) is 17.9. The van der Waals surface area contributed by atoms with Gasteiger partial charge in [-0.05, 0) is 53.6 Å². The van der Waals surface area contributed by atoms with Gasteiger partial charge >= 0.3 is 0 Å². The van der Waals surface area contributed by atoms with Crippen LogP contribution in [-0.2, 0) is 0 Å². The molecule has 0 N–H and O–H groups in total. The van der Waals surface area contributed by atoms with Crippen LogP contribution in [0.1, 0.15) is 0 Å². The van der Waals surface area contributed by atoms with E-state index in [0.717, 1.165) is 21.9 Å². The first-order valence-corrected chi connectivity index (χ1v) is 21.6. The topological polar surface area (TPSA) is 13.1 Å². The molecule has 1 heterocycles. The van der Waals surface area contributed by atoms with Gasteiger partial charge in [-0.2, -0.15) is 0 Å². The number of benzene rings is 8. The van der Waals surface area contributed by atoms with Crippen molar-refractivity contribution in [1.29, 1.82) is 0 Å². The van der Waals surface area contributed by atoms with Gasteiger partial charge in [-0.1, -0.05) is 206 Å². The summed E-state index contributed by atoms with van der Waals surface area (Å²) in [5.74, 6) is 0. The standard InChI is InChI=1S/C48H36OSi2/c1-7-19-37(20-8-1)50(38-21-9-2-10-22-38,39-23-11-3-12-24-39)43-31-33-47-45(35-43)46-36-44(32-34-48(46)49-47)51(40-25-13-4-14-26-40,41-27-15-5-16-28-41)42-29-17-6-18-30-42/h1-36H. The molecule has 9 rings (SSSR count). The van der Waals surface area contributed by atoms with Gasteiger partial charge in [0.05, 0.1) is 0 Å². The SMILES string of the molecule is c1ccc([Si](c2ccccc2)(c2ccccc2)c2ccc3oc4ccc([Si](c5ccccc5)(c5ccccc5)c5ccccc5)cc4c3c2)cc1. The second-order valence-corrected chi connectivity index (χ2v) is 20.8. The van der Waals surface area contributed by atoms with E-state index in [1.165, 1.54) is 41.5 Å². The summed E-state index contributed by atoms with van der Waals surface area (Å²) in [6, 6.07) is 80.7. The van der Waals surface area contributed by atoms with E-state index in [4.69, 9.17) is 4.42 Å². The Morgan fingerprint density at radius 1 is 0.235 bits per heavy atom. The van der Waals surface area contributed by atoms with Gasteiger partial charge < -0.3 is 4.42 Å². The second-order valence-electron chi connectivity index (χ2n) is 13.2. The minimum absolute atomic E-state index is 0.911. The van der Waals surface area contributed by atoms with E-state index in [9.17, 15) is 0 Å². The minimum Gasteiger partial charge on any atom is -0.456 e. The Hall–Kier alpha value is -6.01. The Bertz CT molecular complexity index is 2180. The zero-order chi connectivity index (χ0) is 34.1. The maximum atomic E-state index is 6.65. The van der Waals surface area contributed by atoms with E-state index in [-0.39, 0.29) is 0 Å². The Balaban J connectivity index is 1.36. The van der Waals surface area contributed by atoms with E-state index < -0.39 is 16.1 Å². The van der Waals surface area contributed by atoms with Gasteiger partial charge in [-0.25, -0.2) is 0 Å². The average Bonchev–Trinajstić information content (AvgIpc) is 3.59. The van der Waals surface area contributed by atoms with Crippen LogP contribution in [0.3, 0.4) is 0 Å². The number of fused-ring (bicyclic) bond motifs is 3. The normalized spacial score (nSPS) is 11.9. The number of furan rings is 1. The van der Waals surface area contributed by atoms with Crippen molar-refractivity contribution in [1.82, 2.24) is 0 Å².